The summed E-state index contributed by atoms with van der Waals surface area (Å²) < 4.78 is 40.1. The van der Waals surface area contributed by atoms with Gasteiger partial charge < -0.3 is 10.6 Å². The van der Waals surface area contributed by atoms with Crippen LogP contribution in [0.25, 0.3) is 0 Å². The first-order valence-electron chi connectivity index (χ1n) is 8.24. The highest BCUT2D eigenvalue weighted by Crippen LogP contribution is 2.25. The van der Waals surface area contributed by atoms with Gasteiger partial charge in [0.15, 0.2) is 0 Å². The van der Waals surface area contributed by atoms with Crippen molar-refractivity contribution < 1.29 is 17.6 Å². The molecule has 0 bridgehead atoms. The molecule has 2 aliphatic heterocycles. The maximum absolute atomic E-state index is 13.8. The van der Waals surface area contributed by atoms with Crippen molar-refractivity contribution in [2.45, 2.75) is 30.2 Å². The minimum atomic E-state index is -3.85. The van der Waals surface area contributed by atoms with Gasteiger partial charge in [0, 0.05) is 31.6 Å². The number of carbonyl (C=O) groups is 1. The molecule has 2 aliphatic rings. The van der Waals surface area contributed by atoms with Gasteiger partial charge in [-0.25, -0.2) is 12.8 Å². The zero-order valence-electron chi connectivity index (χ0n) is 13.4. The third kappa shape index (κ3) is 3.60. The number of amides is 1. The van der Waals surface area contributed by atoms with Crippen LogP contribution in [0.1, 0.15) is 19.3 Å². The van der Waals surface area contributed by atoms with Crippen LogP contribution in [0.2, 0.25) is 0 Å². The SMILES string of the molecule is O=C(NC1CCNC1)C1CCN(S(=O)(=O)c2ccccc2F)CC1. The molecule has 0 aliphatic carbocycles. The van der Waals surface area contributed by atoms with E-state index in [1.165, 1.54) is 22.5 Å². The average molecular weight is 355 g/mol. The van der Waals surface area contributed by atoms with E-state index in [0.29, 0.717) is 12.8 Å². The molecular weight excluding hydrogens is 333 g/mol. The zero-order chi connectivity index (χ0) is 17.2. The highest BCUT2D eigenvalue weighted by molar-refractivity contribution is 7.89. The Morgan fingerprint density at radius 3 is 2.54 bits per heavy atom. The first kappa shape index (κ1) is 17.3. The number of rotatable bonds is 4. The van der Waals surface area contributed by atoms with Crippen LogP contribution in [0.15, 0.2) is 29.2 Å². The highest BCUT2D eigenvalue weighted by atomic mass is 32.2. The number of piperidine rings is 1. The van der Waals surface area contributed by atoms with Gasteiger partial charge in [0.05, 0.1) is 0 Å². The summed E-state index contributed by atoms with van der Waals surface area (Å²) in [6.07, 6.45) is 1.84. The van der Waals surface area contributed by atoms with Crippen molar-refractivity contribution in [1.29, 1.82) is 0 Å². The fourth-order valence-electron chi connectivity index (χ4n) is 3.25. The maximum atomic E-state index is 13.8. The van der Waals surface area contributed by atoms with Crippen LogP contribution in [0.4, 0.5) is 4.39 Å². The summed E-state index contributed by atoms with van der Waals surface area (Å²) in [6.45, 7) is 2.16. The van der Waals surface area contributed by atoms with Crippen LogP contribution < -0.4 is 10.6 Å². The number of nitrogens with one attached hydrogen (secondary N) is 2. The van der Waals surface area contributed by atoms with Gasteiger partial charge in [-0.1, -0.05) is 12.1 Å². The Balaban J connectivity index is 1.60. The van der Waals surface area contributed by atoms with E-state index in [0.717, 1.165) is 25.6 Å². The first-order chi connectivity index (χ1) is 11.5. The molecule has 2 N–H and O–H groups in total. The highest BCUT2D eigenvalue weighted by Gasteiger charge is 2.34. The minimum absolute atomic E-state index is 0.00774. The van der Waals surface area contributed by atoms with E-state index >= 15 is 0 Å². The number of nitrogens with zero attached hydrogens (tertiary/aromatic N) is 1. The smallest absolute Gasteiger partial charge is 0.245 e. The molecule has 3 rings (SSSR count). The Morgan fingerprint density at radius 2 is 1.92 bits per heavy atom. The van der Waals surface area contributed by atoms with Gasteiger partial charge in [-0.05, 0) is 37.9 Å². The number of halogens is 1. The fourth-order valence-corrected chi connectivity index (χ4v) is 4.78. The molecule has 1 aromatic rings. The van der Waals surface area contributed by atoms with Crippen molar-refractivity contribution in [1.82, 2.24) is 14.9 Å². The topological polar surface area (TPSA) is 78.5 Å². The molecule has 1 aromatic carbocycles. The van der Waals surface area contributed by atoms with E-state index in [-0.39, 0.29) is 35.9 Å². The molecule has 2 fully saturated rings. The number of hydrogen-bond acceptors (Lipinski definition) is 4. The Morgan fingerprint density at radius 1 is 1.21 bits per heavy atom. The molecule has 8 heteroatoms. The summed E-state index contributed by atoms with van der Waals surface area (Å²) >= 11 is 0. The largest absolute Gasteiger partial charge is 0.352 e. The molecule has 6 nitrogen and oxygen atoms in total. The molecular formula is C16H22FN3O3S. The van der Waals surface area contributed by atoms with Crippen LogP contribution in [-0.2, 0) is 14.8 Å². The van der Waals surface area contributed by atoms with E-state index in [9.17, 15) is 17.6 Å². The number of carbonyl (C=O) groups excluding carboxylic acids is 1. The second-order valence-electron chi connectivity index (χ2n) is 6.31. The van der Waals surface area contributed by atoms with Crippen molar-refractivity contribution in [3.05, 3.63) is 30.1 Å². The monoisotopic (exact) mass is 355 g/mol. The molecule has 1 unspecified atom stereocenters. The number of hydrogen-bond donors (Lipinski definition) is 2. The first-order valence-corrected chi connectivity index (χ1v) is 9.68. The Kier molecular flexibility index (Phi) is 5.17. The van der Waals surface area contributed by atoms with Gasteiger partial charge in [-0.2, -0.15) is 4.31 Å². The molecule has 24 heavy (non-hydrogen) atoms. The minimum Gasteiger partial charge on any atom is -0.352 e. The van der Waals surface area contributed by atoms with E-state index in [4.69, 9.17) is 0 Å². The summed E-state index contributed by atoms with van der Waals surface area (Å²) in [7, 11) is -3.85. The predicted octanol–water partition coefficient (Wildman–Crippen LogP) is 0.704. The van der Waals surface area contributed by atoms with Gasteiger partial charge in [0.2, 0.25) is 15.9 Å². The third-order valence-electron chi connectivity index (χ3n) is 4.69. The van der Waals surface area contributed by atoms with Crippen LogP contribution in [0, 0.1) is 11.7 Å². The zero-order valence-corrected chi connectivity index (χ0v) is 14.2. The van der Waals surface area contributed by atoms with Crippen molar-refractivity contribution >= 4 is 15.9 Å². The van der Waals surface area contributed by atoms with Gasteiger partial charge in [0.1, 0.15) is 10.7 Å². The lowest BCUT2D eigenvalue weighted by molar-refractivity contribution is -0.126. The quantitative estimate of drug-likeness (QED) is 0.834. The van der Waals surface area contributed by atoms with E-state index in [1.54, 1.807) is 0 Å². The molecule has 0 radical (unpaired) electrons. The summed E-state index contributed by atoms with van der Waals surface area (Å²) in [4.78, 5) is 12.0. The third-order valence-corrected chi connectivity index (χ3v) is 6.62. The Hall–Kier alpha value is -1.51. The molecule has 0 saturated carbocycles. The number of sulfonamides is 1. The normalized spacial score (nSPS) is 23.3. The van der Waals surface area contributed by atoms with E-state index < -0.39 is 15.8 Å². The molecule has 2 saturated heterocycles. The van der Waals surface area contributed by atoms with Crippen LogP contribution in [0.5, 0.6) is 0 Å². The van der Waals surface area contributed by atoms with Gasteiger partial charge in [0.25, 0.3) is 0 Å². The van der Waals surface area contributed by atoms with Crippen LogP contribution in [-0.4, -0.2) is 50.9 Å². The average Bonchev–Trinajstić information content (AvgIpc) is 3.08. The molecule has 1 atom stereocenters. The lowest BCUT2D eigenvalue weighted by Crippen LogP contribution is -2.45. The number of benzene rings is 1. The lowest BCUT2D eigenvalue weighted by atomic mass is 9.97. The van der Waals surface area contributed by atoms with Crippen LogP contribution in [0.3, 0.4) is 0 Å². The lowest BCUT2D eigenvalue weighted by Gasteiger charge is -2.31. The predicted molar refractivity (Wildman–Crippen MR) is 87.3 cm³/mol. The van der Waals surface area contributed by atoms with Crippen molar-refractivity contribution in [2.24, 2.45) is 5.92 Å². The van der Waals surface area contributed by atoms with Crippen LogP contribution >= 0.6 is 0 Å². The molecule has 1 amide bonds. The second-order valence-corrected chi connectivity index (χ2v) is 8.21. The van der Waals surface area contributed by atoms with Gasteiger partial charge in [-0.3, -0.25) is 4.79 Å². The Bertz CT molecular complexity index is 696. The molecule has 2 heterocycles. The summed E-state index contributed by atoms with van der Waals surface area (Å²) in [5, 5.41) is 6.21. The molecule has 0 aromatic heterocycles. The fraction of sp³-hybridized carbons (Fsp3) is 0.562. The summed E-state index contributed by atoms with van der Waals surface area (Å²) in [6, 6.07) is 5.55. The van der Waals surface area contributed by atoms with E-state index in [2.05, 4.69) is 10.6 Å². The second kappa shape index (κ2) is 7.16. The standard InChI is InChI=1S/C16H22FN3O3S/c17-14-3-1-2-4-15(14)24(22,23)20-9-6-12(7-10-20)16(21)19-13-5-8-18-11-13/h1-4,12-13,18H,5-11H2,(H,19,21). The van der Waals surface area contributed by atoms with Crippen molar-refractivity contribution in [2.75, 3.05) is 26.2 Å². The maximum Gasteiger partial charge on any atom is 0.245 e. The van der Waals surface area contributed by atoms with Crippen molar-refractivity contribution in [3.63, 3.8) is 0 Å². The van der Waals surface area contributed by atoms with Gasteiger partial charge >= 0.3 is 0 Å². The molecule has 132 valence electrons. The Labute approximate surface area is 141 Å². The summed E-state index contributed by atoms with van der Waals surface area (Å²) in [5.74, 6) is -0.935. The summed E-state index contributed by atoms with van der Waals surface area (Å²) in [5.41, 5.74) is 0. The van der Waals surface area contributed by atoms with Crippen molar-refractivity contribution in [3.8, 4) is 0 Å². The van der Waals surface area contributed by atoms with Gasteiger partial charge in [-0.15, -0.1) is 0 Å². The molecule has 0 spiro atoms. The van der Waals surface area contributed by atoms with E-state index in [1.807, 2.05) is 0 Å².